The van der Waals surface area contributed by atoms with Gasteiger partial charge in [0, 0.05) is 6.42 Å². The minimum absolute atomic E-state index is 0.0865. The van der Waals surface area contributed by atoms with E-state index in [4.69, 9.17) is 10.2 Å². The van der Waals surface area contributed by atoms with Crippen molar-refractivity contribution in [1.82, 2.24) is 0 Å². The average molecular weight is 274 g/mol. The molecule has 0 aliphatic carbocycles. The van der Waals surface area contributed by atoms with Gasteiger partial charge < -0.3 is 10.2 Å². The van der Waals surface area contributed by atoms with Crippen LogP contribution in [0.2, 0.25) is 0 Å². The van der Waals surface area contributed by atoms with E-state index in [1.807, 2.05) is 0 Å². The molecule has 0 aliphatic heterocycles. The van der Waals surface area contributed by atoms with Gasteiger partial charge in [-0.25, -0.2) is 14.0 Å². The number of carbonyl (C=O) groups is 2. The summed E-state index contributed by atoms with van der Waals surface area (Å²) in [4.78, 5) is 22.4. The first-order valence-electron chi connectivity index (χ1n) is 5.82. The highest BCUT2D eigenvalue weighted by molar-refractivity contribution is 5.96. The van der Waals surface area contributed by atoms with Crippen molar-refractivity contribution in [3.8, 4) is 0 Å². The molecule has 0 saturated carbocycles. The second-order valence-corrected chi connectivity index (χ2v) is 4.21. The third-order valence-electron chi connectivity index (χ3n) is 2.96. The normalized spacial score (nSPS) is 10.2. The number of aromatic carboxylic acids is 2. The van der Waals surface area contributed by atoms with Crippen molar-refractivity contribution >= 4 is 11.9 Å². The second kappa shape index (κ2) is 5.52. The van der Waals surface area contributed by atoms with E-state index >= 15 is 0 Å². The lowest BCUT2D eigenvalue weighted by atomic mass is 9.94. The van der Waals surface area contributed by atoms with Crippen molar-refractivity contribution in [2.24, 2.45) is 0 Å². The van der Waals surface area contributed by atoms with Gasteiger partial charge in [0.05, 0.1) is 11.1 Å². The standard InChI is InChI=1S/C15H11FO4/c16-13-7-2-1-4-9(13)8-12-10(14(17)18)5-3-6-11(12)15(19)20/h1-7H,8H2,(H,17,18)(H,19,20). The zero-order chi connectivity index (χ0) is 14.7. The largest absolute Gasteiger partial charge is 0.478 e. The molecule has 20 heavy (non-hydrogen) atoms. The van der Waals surface area contributed by atoms with Crippen LogP contribution in [0, 0.1) is 5.82 Å². The highest BCUT2D eigenvalue weighted by Crippen LogP contribution is 2.21. The van der Waals surface area contributed by atoms with Gasteiger partial charge in [-0.15, -0.1) is 0 Å². The molecule has 0 aliphatic rings. The maximum Gasteiger partial charge on any atom is 0.336 e. The topological polar surface area (TPSA) is 74.6 Å². The number of hydrogen-bond acceptors (Lipinski definition) is 2. The van der Waals surface area contributed by atoms with Gasteiger partial charge in [-0.2, -0.15) is 0 Å². The Hall–Kier alpha value is -2.69. The highest BCUT2D eigenvalue weighted by Gasteiger charge is 2.19. The number of carboxylic acids is 2. The molecule has 2 aromatic rings. The van der Waals surface area contributed by atoms with Crippen LogP contribution in [0.15, 0.2) is 42.5 Å². The predicted octanol–water partition coefficient (Wildman–Crippen LogP) is 2.81. The van der Waals surface area contributed by atoms with E-state index in [1.165, 1.54) is 36.4 Å². The van der Waals surface area contributed by atoms with Gasteiger partial charge in [0.25, 0.3) is 0 Å². The zero-order valence-electron chi connectivity index (χ0n) is 10.3. The molecule has 0 atom stereocenters. The second-order valence-electron chi connectivity index (χ2n) is 4.21. The first-order valence-corrected chi connectivity index (χ1v) is 5.82. The van der Waals surface area contributed by atoms with Crippen molar-refractivity contribution in [2.45, 2.75) is 6.42 Å². The first-order chi connectivity index (χ1) is 9.50. The molecule has 2 aromatic carbocycles. The fourth-order valence-corrected chi connectivity index (χ4v) is 2.01. The molecular formula is C15H11FO4. The van der Waals surface area contributed by atoms with Crippen LogP contribution in [-0.4, -0.2) is 22.2 Å². The van der Waals surface area contributed by atoms with E-state index in [2.05, 4.69) is 0 Å². The number of carboxylic acid groups (broad SMARTS) is 2. The van der Waals surface area contributed by atoms with Crippen LogP contribution in [0.1, 0.15) is 31.8 Å². The van der Waals surface area contributed by atoms with E-state index in [0.717, 1.165) is 0 Å². The minimum Gasteiger partial charge on any atom is -0.478 e. The van der Waals surface area contributed by atoms with E-state index in [-0.39, 0.29) is 28.7 Å². The average Bonchev–Trinajstić information content (AvgIpc) is 2.41. The number of benzene rings is 2. The fraction of sp³-hybridized carbons (Fsp3) is 0.0667. The lowest BCUT2D eigenvalue weighted by Gasteiger charge is -2.10. The molecule has 2 N–H and O–H groups in total. The smallest absolute Gasteiger partial charge is 0.336 e. The molecule has 0 fully saturated rings. The van der Waals surface area contributed by atoms with Gasteiger partial charge >= 0.3 is 11.9 Å². The molecule has 0 saturated heterocycles. The molecule has 0 heterocycles. The van der Waals surface area contributed by atoms with E-state index in [9.17, 15) is 14.0 Å². The minimum atomic E-state index is -1.24. The summed E-state index contributed by atoms with van der Waals surface area (Å²) in [5.74, 6) is -2.97. The summed E-state index contributed by atoms with van der Waals surface area (Å²) in [6, 6.07) is 9.86. The van der Waals surface area contributed by atoms with Crippen LogP contribution in [-0.2, 0) is 6.42 Å². The van der Waals surface area contributed by atoms with Crippen LogP contribution in [0.5, 0.6) is 0 Å². The van der Waals surface area contributed by atoms with Crippen molar-refractivity contribution in [2.75, 3.05) is 0 Å². The summed E-state index contributed by atoms with van der Waals surface area (Å²) in [6.45, 7) is 0. The van der Waals surface area contributed by atoms with Crippen molar-refractivity contribution in [3.05, 3.63) is 70.5 Å². The summed E-state index contributed by atoms with van der Waals surface area (Å²) in [5.41, 5.74) is 0.0857. The zero-order valence-corrected chi connectivity index (χ0v) is 10.3. The van der Waals surface area contributed by atoms with E-state index in [1.54, 1.807) is 6.07 Å². The maximum atomic E-state index is 13.6. The Morgan fingerprint density at radius 2 is 1.45 bits per heavy atom. The molecule has 5 heteroatoms. The van der Waals surface area contributed by atoms with Crippen molar-refractivity contribution in [1.29, 1.82) is 0 Å². The first kappa shape index (κ1) is 13.7. The van der Waals surface area contributed by atoms with Crippen LogP contribution in [0.25, 0.3) is 0 Å². The quantitative estimate of drug-likeness (QED) is 0.899. The molecule has 0 bridgehead atoms. The van der Waals surface area contributed by atoms with Gasteiger partial charge in [-0.3, -0.25) is 0 Å². The van der Waals surface area contributed by atoms with Crippen LogP contribution < -0.4 is 0 Å². The SMILES string of the molecule is O=C(O)c1cccc(C(=O)O)c1Cc1ccccc1F. The van der Waals surface area contributed by atoms with Gasteiger partial charge in [-0.05, 0) is 29.3 Å². The Morgan fingerprint density at radius 3 is 1.95 bits per heavy atom. The molecule has 0 aromatic heterocycles. The Morgan fingerprint density at radius 1 is 0.900 bits per heavy atom. The van der Waals surface area contributed by atoms with Crippen LogP contribution in [0.3, 0.4) is 0 Å². The lowest BCUT2D eigenvalue weighted by Crippen LogP contribution is -2.11. The monoisotopic (exact) mass is 274 g/mol. The summed E-state index contributed by atoms with van der Waals surface area (Å²) in [5, 5.41) is 18.3. The molecule has 0 radical (unpaired) electrons. The molecule has 0 amide bonds. The van der Waals surface area contributed by atoms with Gasteiger partial charge in [0.1, 0.15) is 5.82 Å². The third kappa shape index (κ3) is 2.66. The number of halogens is 1. The summed E-state index contributed by atoms with van der Waals surface area (Å²) < 4.78 is 13.6. The Labute approximate surface area is 114 Å². The van der Waals surface area contributed by atoms with Gasteiger partial charge in [-0.1, -0.05) is 24.3 Å². The summed E-state index contributed by atoms with van der Waals surface area (Å²) >= 11 is 0. The Bertz CT molecular complexity index is 647. The molecule has 102 valence electrons. The fourth-order valence-electron chi connectivity index (χ4n) is 2.01. The number of rotatable bonds is 4. The Balaban J connectivity index is 2.57. The molecule has 2 rings (SSSR count). The molecule has 0 spiro atoms. The summed E-state index contributed by atoms with van der Waals surface area (Å²) in [6.07, 6.45) is -0.0865. The maximum absolute atomic E-state index is 13.6. The van der Waals surface area contributed by atoms with Crippen LogP contribution in [0.4, 0.5) is 4.39 Å². The number of hydrogen-bond donors (Lipinski definition) is 2. The lowest BCUT2D eigenvalue weighted by molar-refractivity contribution is 0.0696. The summed E-state index contributed by atoms with van der Waals surface area (Å²) in [7, 11) is 0. The van der Waals surface area contributed by atoms with E-state index in [0.29, 0.717) is 0 Å². The van der Waals surface area contributed by atoms with Crippen molar-refractivity contribution < 1.29 is 24.2 Å². The van der Waals surface area contributed by atoms with Gasteiger partial charge in [0.15, 0.2) is 0 Å². The van der Waals surface area contributed by atoms with Crippen molar-refractivity contribution in [3.63, 3.8) is 0 Å². The third-order valence-corrected chi connectivity index (χ3v) is 2.96. The predicted molar refractivity (Wildman–Crippen MR) is 69.6 cm³/mol. The molecule has 0 unspecified atom stereocenters. The van der Waals surface area contributed by atoms with Crippen LogP contribution >= 0.6 is 0 Å². The van der Waals surface area contributed by atoms with Gasteiger partial charge in [0.2, 0.25) is 0 Å². The Kier molecular flexibility index (Phi) is 3.79. The molecular weight excluding hydrogens is 263 g/mol. The van der Waals surface area contributed by atoms with E-state index < -0.39 is 17.8 Å². The molecule has 4 nitrogen and oxygen atoms in total. The highest BCUT2D eigenvalue weighted by atomic mass is 19.1.